The molecular weight excluding hydrogens is 306 g/mol. The summed E-state index contributed by atoms with van der Waals surface area (Å²) < 4.78 is 12.6. The van der Waals surface area contributed by atoms with Crippen molar-refractivity contribution in [2.75, 3.05) is 26.9 Å². The SMILES string of the molecule is CN=C(NCCc1ccc2c(c1)OCO2)NCCn1cc(C)cn1. The second-order valence-electron chi connectivity index (χ2n) is 5.64. The number of hydrogen-bond acceptors (Lipinski definition) is 4. The van der Waals surface area contributed by atoms with Gasteiger partial charge in [-0.2, -0.15) is 5.10 Å². The van der Waals surface area contributed by atoms with Crippen molar-refractivity contribution >= 4 is 5.96 Å². The van der Waals surface area contributed by atoms with Crippen LogP contribution < -0.4 is 20.1 Å². The summed E-state index contributed by atoms with van der Waals surface area (Å²) >= 11 is 0. The monoisotopic (exact) mass is 329 g/mol. The van der Waals surface area contributed by atoms with Crippen molar-refractivity contribution in [1.82, 2.24) is 20.4 Å². The van der Waals surface area contributed by atoms with E-state index < -0.39 is 0 Å². The van der Waals surface area contributed by atoms with Crippen molar-refractivity contribution in [1.29, 1.82) is 0 Å². The molecule has 2 heterocycles. The van der Waals surface area contributed by atoms with E-state index in [0.717, 1.165) is 43.5 Å². The first-order valence-electron chi connectivity index (χ1n) is 8.07. The van der Waals surface area contributed by atoms with Crippen LogP contribution >= 0.6 is 0 Å². The van der Waals surface area contributed by atoms with Gasteiger partial charge in [0.1, 0.15) is 0 Å². The van der Waals surface area contributed by atoms with Crippen LogP contribution in [0.4, 0.5) is 0 Å². The van der Waals surface area contributed by atoms with Crippen molar-refractivity contribution in [2.24, 2.45) is 4.99 Å². The van der Waals surface area contributed by atoms with Crippen LogP contribution in [0.3, 0.4) is 0 Å². The Labute approximate surface area is 141 Å². The number of guanidine groups is 1. The Balaban J connectivity index is 1.39. The fourth-order valence-corrected chi connectivity index (χ4v) is 2.52. The predicted molar refractivity (Wildman–Crippen MR) is 92.6 cm³/mol. The van der Waals surface area contributed by atoms with E-state index in [1.807, 2.05) is 36.1 Å². The number of benzene rings is 1. The average molecular weight is 329 g/mol. The Kier molecular flexibility index (Phi) is 5.20. The largest absolute Gasteiger partial charge is 0.454 e. The van der Waals surface area contributed by atoms with Crippen molar-refractivity contribution < 1.29 is 9.47 Å². The highest BCUT2D eigenvalue weighted by molar-refractivity contribution is 5.79. The number of nitrogens with zero attached hydrogens (tertiary/aromatic N) is 3. The normalized spacial score (nSPS) is 13.2. The summed E-state index contributed by atoms with van der Waals surface area (Å²) in [5.41, 5.74) is 2.37. The fourth-order valence-electron chi connectivity index (χ4n) is 2.52. The topological polar surface area (TPSA) is 72.7 Å². The molecule has 2 aromatic rings. The van der Waals surface area contributed by atoms with Gasteiger partial charge < -0.3 is 20.1 Å². The Bertz CT molecular complexity index is 711. The Morgan fingerprint density at radius 2 is 2.08 bits per heavy atom. The van der Waals surface area contributed by atoms with E-state index in [4.69, 9.17) is 9.47 Å². The Hall–Kier alpha value is -2.70. The van der Waals surface area contributed by atoms with E-state index in [2.05, 4.69) is 26.8 Å². The molecule has 0 radical (unpaired) electrons. The standard InChI is InChI=1S/C17H23N5O2/c1-13-10-21-22(11-13)8-7-20-17(18-2)19-6-5-14-3-4-15-16(9-14)24-12-23-15/h3-4,9-11H,5-8,12H2,1-2H3,(H2,18,19,20). The molecule has 0 spiro atoms. The maximum Gasteiger partial charge on any atom is 0.231 e. The van der Waals surface area contributed by atoms with E-state index in [-0.39, 0.29) is 0 Å². The highest BCUT2D eigenvalue weighted by atomic mass is 16.7. The highest BCUT2D eigenvalue weighted by Gasteiger charge is 2.12. The maximum atomic E-state index is 5.40. The smallest absolute Gasteiger partial charge is 0.231 e. The average Bonchev–Trinajstić information content (AvgIpc) is 3.21. The van der Waals surface area contributed by atoms with Gasteiger partial charge in [0.05, 0.1) is 12.7 Å². The zero-order valence-electron chi connectivity index (χ0n) is 14.1. The van der Waals surface area contributed by atoms with Gasteiger partial charge in [-0.05, 0) is 36.6 Å². The van der Waals surface area contributed by atoms with Gasteiger partial charge >= 0.3 is 0 Å². The molecule has 128 valence electrons. The first-order valence-corrected chi connectivity index (χ1v) is 8.07. The number of aliphatic imine (C=N–C) groups is 1. The van der Waals surface area contributed by atoms with Crippen LogP contribution in [0.5, 0.6) is 11.5 Å². The van der Waals surface area contributed by atoms with Gasteiger partial charge in [0.2, 0.25) is 6.79 Å². The van der Waals surface area contributed by atoms with Gasteiger partial charge in [0, 0.05) is 26.3 Å². The van der Waals surface area contributed by atoms with E-state index in [1.165, 1.54) is 11.1 Å². The number of aromatic nitrogens is 2. The molecular formula is C17H23N5O2. The maximum absolute atomic E-state index is 5.40. The second-order valence-corrected chi connectivity index (χ2v) is 5.64. The van der Waals surface area contributed by atoms with Crippen molar-refractivity contribution in [3.63, 3.8) is 0 Å². The van der Waals surface area contributed by atoms with Crippen LogP contribution in [-0.2, 0) is 13.0 Å². The minimum atomic E-state index is 0.309. The lowest BCUT2D eigenvalue weighted by Gasteiger charge is -2.12. The number of aryl methyl sites for hydroxylation is 1. The van der Waals surface area contributed by atoms with Gasteiger partial charge in [0.25, 0.3) is 0 Å². The molecule has 0 saturated carbocycles. The molecule has 0 saturated heterocycles. The van der Waals surface area contributed by atoms with Crippen LogP contribution in [0.1, 0.15) is 11.1 Å². The van der Waals surface area contributed by atoms with Crippen molar-refractivity contribution in [2.45, 2.75) is 19.9 Å². The molecule has 0 aliphatic carbocycles. The van der Waals surface area contributed by atoms with E-state index in [0.29, 0.717) is 6.79 Å². The van der Waals surface area contributed by atoms with Gasteiger partial charge in [0.15, 0.2) is 17.5 Å². The predicted octanol–water partition coefficient (Wildman–Crippen LogP) is 1.33. The molecule has 0 atom stereocenters. The molecule has 3 rings (SSSR count). The number of ether oxygens (including phenoxy) is 2. The molecule has 7 heteroatoms. The van der Waals surface area contributed by atoms with Gasteiger partial charge in [-0.25, -0.2) is 0 Å². The van der Waals surface area contributed by atoms with E-state index in [1.54, 1.807) is 7.05 Å². The summed E-state index contributed by atoms with van der Waals surface area (Å²) in [4.78, 5) is 4.23. The number of hydrogen-bond donors (Lipinski definition) is 2. The van der Waals surface area contributed by atoms with E-state index in [9.17, 15) is 0 Å². The third-order valence-corrected chi connectivity index (χ3v) is 3.76. The summed E-state index contributed by atoms with van der Waals surface area (Å²) in [6.45, 7) is 4.71. The minimum absolute atomic E-state index is 0.309. The molecule has 7 nitrogen and oxygen atoms in total. The van der Waals surface area contributed by atoms with Gasteiger partial charge in [-0.1, -0.05) is 6.07 Å². The quantitative estimate of drug-likeness (QED) is 0.618. The summed E-state index contributed by atoms with van der Waals surface area (Å²) in [6.07, 6.45) is 4.77. The van der Waals surface area contributed by atoms with Gasteiger partial charge in [-0.15, -0.1) is 0 Å². The number of rotatable bonds is 6. The zero-order valence-corrected chi connectivity index (χ0v) is 14.1. The van der Waals surface area contributed by atoms with Crippen LogP contribution in [0.25, 0.3) is 0 Å². The molecule has 24 heavy (non-hydrogen) atoms. The lowest BCUT2D eigenvalue weighted by atomic mass is 10.1. The summed E-state index contributed by atoms with van der Waals surface area (Å²) in [6, 6.07) is 6.04. The molecule has 1 aliphatic heterocycles. The Morgan fingerprint density at radius 3 is 2.88 bits per heavy atom. The molecule has 0 fully saturated rings. The lowest BCUT2D eigenvalue weighted by Crippen LogP contribution is -2.39. The first-order chi connectivity index (χ1) is 11.7. The lowest BCUT2D eigenvalue weighted by molar-refractivity contribution is 0.174. The second kappa shape index (κ2) is 7.72. The highest BCUT2D eigenvalue weighted by Crippen LogP contribution is 2.32. The van der Waals surface area contributed by atoms with Crippen molar-refractivity contribution in [3.05, 3.63) is 41.7 Å². The van der Waals surface area contributed by atoms with Crippen LogP contribution in [0, 0.1) is 6.92 Å². The molecule has 1 aromatic heterocycles. The molecule has 0 amide bonds. The zero-order chi connectivity index (χ0) is 16.8. The summed E-state index contributed by atoms with van der Waals surface area (Å²) in [7, 11) is 1.77. The van der Waals surface area contributed by atoms with Crippen LogP contribution in [0.15, 0.2) is 35.6 Å². The van der Waals surface area contributed by atoms with Crippen LogP contribution in [0.2, 0.25) is 0 Å². The molecule has 1 aromatic carbocycles. The fraction of sp³-hybridized carbons (Fsp3) is 0.412. The number of fused-ring (bicyclic) bond motifs is 1. The Morgan fingerprint density at radius 1 is 1.25 bits per heavy atom. The molecule has 1 aliphatic rings. The van der Waals surface area contributed by atoms with Crippen LogP contribution in [-0.4, -0.2) is 42.7 Å². The third kappa shape index (κ3) is 4.18. The molecule has 0 unspecified atom stereocenters. The summed E-state index contributed by atoms with van der Waals surface area (Å²) in [5.74, 6) is 2.43. The van der Waals surface area contributed by atoms with Gasteiger partial charge in [-0.3, -0.25) is 9.67 Å². The van der Waals surface area contributed by atoms with Crippen molar-refractivity contribution in [3.8, 4) is 11.5 Å². The minimum Gasteiger partial charge on any atom is -0.454 e. The number of nitrogens with one attached hydrogen (secondary N) is 2. The molecule has 0 bridgehead atoms. The molecule has 2 N–H and O–H groups in total. The van der Waals surface area contributed by atoms with E-state index >= 15 is 0 Å². The summed E-state index contributed by atoms with van der Waals surface area (Å²) in [5, 5.41) is 10.9. The third-order valence-electron chi connectivity index (χ3n) is 3.76. The first kappa shape index (κ1) is 16.2.